The van der Waals surface area contributed by atoms with Gasteiger partial charge in [0.25, 0.3) is 11.8 Å². The van der Waals surface area contributed by atoms with E-state index in [4.69, 9.17) is 0 Å². The molecule has 0 aromatic heterocycles. The molecule has 0 spiro atoms. The molecular formula is C21H17FN2O2. The van der Waals surface area contributed by atoms with Gasteiger partial charge in [-0.2, -0.15) is 0 Å². The van der Waals surface area contributed by atoms with E-state index >= 15 is 0 Å². The number of hydrogen-bond donors (Lipinski definition) is 2. The topological polar surface area (TPSA) is 58.2 Å². The Hall–Kier alpha value is -3.47. The van der Waals surface area contributed by atoms with Crippen molar-refractivity contribution < 1.29 is 14.0 Å². The zero-order valence-electron chi connectivity index (χ0n) is 14.1. The standard InChI is InChI=1S/C21H17FN2O2/c1-14-8-10-18(11-9-14)23-20(25)15-4-2-5-16(12-15)21(26)24-19-7-3-6-17(22)13-19/h2-13H,1H3,(H,23,25)(H,24,26). The van der Waals surface area contributed by atoms with Crippen LogP contribution in [-0.4, -0.2) is 11.8 Å². The molecule has 130 valence electrons. The van der Waals surface area contributed by atoms with E-state index < -0.39 is 11.7 Å². The molecule has 3 aromatic rings. The summed E-state index contributed by atoms with van der Waals surface area (Å²) in [5, 5.41) is 5.40. The molecule has 5 heteroatoms. The summed E-state index contributed by atoms with van der Waals surface area (Å²) in [5.41, 5.74) is 2.79. The van der Waals surface area contributed by atoms with Gasteiger partial charge in [-0.05, 0) is 55.5 Å². The van der Waals surface area contributed by atoms with Crippen LogP contribution in [-0.2, 0) is 0 Å². The first-order chi connectivity index (χ1) is 12.5. The lowest BCUT2D eigenvalue weighted by molar-refractivity contribution is 0.102. The molecule has 0 radical (unpaired) electrons. The summed E-state index contributed by atoms with van der Waals surface area (Å²) in [4.78, 5) is 24.7. The van der Waals surface area contributed by atoms with Crippen molar-refractivity contribution in [3.8, 4) is 0 Å². The van der Waals surface area contributed by atoms with Crippen LogP contribution >= 0.6 is 0 Å². The molecule has 0 aliphatic rings. The highest BCUT2D eigenvalue weighted by Crippen LogP contribution is 2.14. The third-order valence-electron chi connectivity index (χ3n) is 3.78. The van der Waals surface area contributed by atoms with Gasteiger partial charge in [-0.25, -0.2) is 4.39 Å². The van der Waals surface area contributed by atoms with Crippen LogP contribution in [0.15, 0.2) is 72.8 Å². The van der Waals surface area contributed by atoms with Crippen LogP contribution in [0.1, 0.15) is 26.3 Å². The Balaban J connectivity index is 1.73. The summed E-state index contributed by atoms with van der Waals surface area (Å²) < 4.78 is 13.2. The first kappa shape index (κ1) is 17.4. The first-order valence-corrected chi connectivity index (χ1v) is 8.06. The Morgan fingerprint density at radius 1 is 0.731 bits per heavy atom. The van der Waals surface area contributed by atoms with Crippen molar-refractivity contribution in [3.63, 3.8) is 0 Å². The van der Waals surface area contributed by atoms with Gasteiger partial charge in [-0.15, -0.1) is 0 Å². The van der Waals surface area contributed by atoms with Gasteiger partial charge in [0, 0.05) is 22.5 Å². The Labute approximate surface area is 150 Å². The molecule has 0 aliphatic heterocycles. The summed E-state index contributed by atoms with van der Waals surface area (Å²) in [5.74, 6) is -1.16. The van der Waals surface area contributed by atoms with Crippen molar-refractivity contribution in [3.05, 3.63) is 95.3 Å². The third kappa shape index (κ3) is 4.33. The van der Waals surface area contributed by atoms with Crippen molar-refractivity contribution >= 4 is 23.2 Å². The average molecular weight is 348 g/mol. The average Bonchev–Trinajstić information content (AvgIpc) is 2.64. The van der Waals surface area contributed by atoms with Crippen LogP contribution < -0.4 is 10.6 Å². The minimum atomic E-state index is -0.436. The highest BCUT2D eigenvalue weighted by molar-refractivity contribution is 6.08. The fourth-order valence-electron chi connectivity index (χ4n) is 2.41. The second-order valence-corrected chi connectivity index (χ2v) is 5.87. The number of halogens is 1. The highest BCUT2D eigenvalue weighted by atomic mass is 19.1. The molecule has 2 N–H and O–H groups in total. The molecule has 0 saturated carbocycles. The number of amides is 2. The number of carbonyl (C=O) groups is 2. The summed E-state index contributed by atoms with van der Waals surface area (Å²) in [6.45, 7) is 1.96. The molecule has 3 aromatic carbocycles. The second-order valence-electron chi connectivity index (χ2n) is 5.87. The number of anilines is 2. The van der Waals surface area contributed by atoms with Gasteiger partial charge in [0.05, 0.1) is 0 Å². The number of benzene rings is 3. The smallest absolute Gasteiger partial charge is 0.255 e. The number of rotatable bonds is 4. The van der Waals surface area contributed by atoms with Crippen molar-refractivity contribution in [1.82, 2.24) is 0 Å². The minimum Gasteiger partial charge on any atom is -0.322 e. The lowest BCUT2D eigenvalue weighted by Crippen LogP contribution is -2.15. The monoisotopic (exact) mass is 348 g/mol. The van der Waals surface area contributed by atoms with E-state index in [2.05, 4.69) is 10.6 Å². The van der Waals surface area contributed by atoms with Gasteiger partial charge in [-0.3, -0.25) is 9.59 Å². The Bertz CT molecular complexity index is 952. The number of aryl methyl sites for hydroxylation is 1. The van der Waals surface area contributed by atoms with E-state index in [9.17, 15) is 14.0 Å². The summed E-state index contributed by atoms with van der Waals surface area (Å²) >= 11 is 0. The summed E-state index contributed by atoms with van der Waals surface area (Å²) in [6, 6.07) is 19.4. The molecule has 4 nitrogen and oxygen atoms in total. The van der Waals surface area contributed by atoms with Crippen molar-refractivity contribution in [2.75, 3.05) is 10.6 Å². The molecular weight excluding hydrogens is 331 g/mol. The van der Waals surface area contributed by atoms with Crippen molar-refractivity contribution in [1.29, 1.82) is 0 Å². The largest absolute Gasteiger partial charge is 0.322 e. The molecule has 26 heavy (non-hydrogen) atoms. The lowest BCUT2D eigenvalue weighted by atomic mass is 10.1. The third-order valence-corrected chi connectivity index (χ3v) is 3.78. The summed E-state index contributed by atoms with van der Waals surface area (Å²) in [6.07, 6.45) is 0. The van der Waals surface area contributed by atoms with Crippen LogP contribution in [0, 0.1) is 12.7 Å². The number of hydrogen-bond acceptors (Lipinski definition) is 2. The van der Waals surface area contributed by atoms with E-state index in [-0.39, 0.29) is 5.91 Å². The second kappa shape index (κ2) is 7.61. The van der Waals surface area contributed by atoms with Crippen LogP contribution in [0.5, 0.6) is 0 Å². The van der Waals surface area contributed by atoms with Crippen LogP contribution in [0.2, 0.25) is 0 Å². The maximum absolute atomic E-state index is 13.2. The normalized spacial score (nSPS) is 10.2. The van der Waals surface area contributed by atoms with Crippen LogP contribution in [0.4, 0.5) is 15.8 Å². The van der Waals surface area contributed by atoms with Gasteiger partial charge >= 0.3 is 0 Å². The van der Waals surface area contributed by atoms with Crippen LogP contribution in [0.25, 0.3) is 0 Å². The zero-order chi connectivity index (χ0) is 18.5. The quantitative estimate of drug-likeness (QED) is 0.722. The fourth-order valence-corrected chi connectivity index (χ4v) is 2.41. The molecule has 0 saturated heterocycles. The van der Waals surface area contributed by atoms with Gasteiger partial charge in [0.2, 0.25) is 0 Å². The SMILES string of the molecule is Cc1ccc(NC(=O)c2cccc(C(=O)Nc3cccc(F)c3)c2)cc1. The van der Waals surface area contributed by atoms with E-state index in [1.165, 1.54) is 24.3 Å². The molecule has 0 unspecified atom stereocenters. The predicted octanol–water partition coefficient (Wildman–Crippen LogP) is 4.64. The van der Waals surface area contributed by atoms with Gasteiger partial charge in [0.15, 0.2) is 0 Å². The first-order valence-electron chi connectivity index (χ1n) is 8.06. The van der Waals surface area contributed by atoms with E-state index in [0.717, 1.165) is 5.56 Å². The number of carbonyl (C=O) groups excluding carboxylic acids is 2. The van der Waals surface area contributed by atoms with E-state index in [1.54, 1.807) is 24.3 Å². The Kier molecular flexibility index (Phi) is 5.08. The van der Waals surface area contributed by atoms with Crippen molar-refractivity contribution in [2.45, 2.75) is 6.92 Å². The maximum atomic E-state index is 13.2. The Morgan fingerprint density at radius 3 is 1.92 bits per heavy atom. The molecule has 0 fully saturated rings. The molecule has 0 bridgehead atoms. The fraction of sp³-hybridized carbons (Fsp3) is 0.0476. The highest BCUT2D eigenvalue weighted by Gasteiger charge is 2.11. The zero-order valence-corrected chi connectivity index (χ0v) is 14.1. The van der Waals surface area contributed by atoms with Gasteiger partial charge in [0.1, 0.15) is 5.82 Å². The Morgan fingerprint density at radius 2 is 1.31 bits per heavy atom. The maximum Gasteiger partial charge on any atom is 0.255 e. The molecule has 2 amide bonds. The van der Waals surface area contributed by atoms with E-state index in [0.29, 0.717) is 22.5 Å². The molecule has 0 aliphatic carbocycles. The lowest BCUT2D eigenvalue weighted by Gasteiger charge is -2.08. The number of nitrogens with one attached hydrogen (secondary N) is 2. The predicted molar refractivity (Wildman–Crippen MR) is 99.9 cm³/mol. The van der Waals surface area contributed by atoms with Crippen LogP contribution in [0.3, 0.4) is 0 Å². The summed E-state index contributed by atoms with van der Waals surface area (Å²) in [7, 11) is 0. The minimum absolute atomic E-state index is 0.311. The van der Waals surface area contributed by atoms with Gasteiger partial charge in [-0.1, -0.05) is 29.8 Å². The van der Waals surface area contributed by atoms with Crippen molar-refractivity contribution in [2.24, 2.45) is 0 Å². The van der Waals surface area contributed by atoms with E-state index in [1.807, 2.05) is 31.2 Å². The molecule has 0 heterocycles. The molecule has 3 rings (SSSR count). The molecule has 0 atom stereocenters. The van der Waals surface area contributed by atoms with Gasteiger partial charge < -0.3 is 10.6 Å².